The zero-order chi connectivity index (χ0) is 13.0. The Labute approximate surface area is 108 Å². The van der Waals surface area contributed by atoms with Gasteiger partial charge in [0.2, 0.25) is 0 Å². The van der Waals surface area contributed by atoms with E-state index in [9.17, 15) is 0 Å². The highest BCUT2D eigenvalue weighted by molar-refractivity contribution is 5.09. The molecule has 0 fully saturated rings. The lowest BCUT2D eigenvalue weighted by Gasteiger charge is -2.12. The zero-order valence-electron chi connectivity index (χ0n) is 11.2. The summed E-state index contributed by atoms with van der Waals surface area (Å²) in [6, 6.07) is 6.63. The number of nitrogens with one attached hydrogen (secondary N) is 1. The summed E-state index contributed by atoms with van der Waals surface area (Å²) in [5, 5.41) is 7.78. The smallest absolute Gasteiger partial charge is 0.0570 e. The second-order valence-electron chi connectivity index (χ2n) is 4.78. The van der Waals surface area contributed by atoms with Gasteiger partial charge in [-0.15, -0.1) is 0 Å². The summed E-state index contributed by atoms with van der Waals surface area (Å²) in [5.41, 5.74) is 2.26. The summed E-state index contributed by atoms with van der Waals surface area (Å²) in [4.78, 5) is 4.34. The summed E-state index contributed by atoms with van der Waals surface area (Å²) < 4.78 is 1.97. The molecule has 2 aromatic heterocycles. The molecule has 0 radical (unpaired) electrons. The quantitative estimate of drug-likeness (QED) is 0.879. The van der Waals surface area contributed by atoms with Gasteiger partial charge in [-0.3, -0.25) is 9.67 Å². The number of hydrogen-bond acceptors (Lipinski definition) is 3. The Hall–Kier alpha value is -1.68. The molecular weight excluding hydrogens is 224 g/mol. The average Bonchev–Trinajstić information content (AvgIpc) is 2.86. The predicted octanol–water partition coefficient (Wildman–Crippen LogP) is 2.71. The molecule has 4 heteroatoms. The molecule has 0 bridgehead atoms. The zero-order valence-corrected chi connectivity index (χ0v) is 11.2. The SMILES string of the molecule is CC(C)n1cc(CN[C@H](C)c2ccccn2)cn1. The van der Waals surface area contributed by atoms with E-state index in [1.165, 1.54) is 5.56 Å². The number of hydrogen-bond donors (Lipinski definition) is 1. The van der Waals surface area contributed by atoms with Gasteiger partial charge in [0.05, 0.1) is 11.9 Å². The molecule has 0 aliphatic carbocycles. The van der Waals surface area contributed by atoms with Crippen LogP contribution < -0.4 is 5.32 Å². The van der Waals surface area contributed by atoms with E-state index in [4.69, 9.17) is 0 Å². The van der Waals surface area contributed by atoms with Crippen LogP contribution in [0.5, 0.6) is 0 Å². The summed E-state index contributed by atoms with van der Waals surface area (Å²) in [7, 11) is 0. The van der Waals surface area contributed by atoms with Crippen LogP contribution in [-0.2, 0) is 6.54 Å². The van der Waals surface area contributed by atoms with Gasteiger partial charge in [-0.2, -0.15) is 5.10 Å². The first-order valence-corrected chi connectivity index (χ1v) is 6.34. The van der Waals surface area contributed by atoms with Crippen molar-refractivity contribution >= 4 is 0 Å². The van der Waals surface area contributed by atoms with E-state index >= 15 is 0 Å². The van der Waals surface area contributed by atoms with Crippen molar-refractivity contribution in [3.63, 3.8) is 0 Å². The Morgan fingerprint density at radius 3 is 2.72 bits per heavy atom. The maximum Gasteiger partial charge on any atom is 0.0570 e. The van der Waals surface area contributed by atoms with Gasteiger partial charge in [0.15, 0.2) is 0 Å². The molecular formula is C14H20N4. The Morgan fingerprint density at radius 1 is 1.28 bits per heavy atom. The van der Waals surface area contributed by atoms with Crippen molar-refractivity contribution in [1.82, 2.24) is 20.1 Å². The van der Waals surface area contributed by atoms with Crippen molar-refractivity contribution in [3.05, 3.63) is 48.0 Å². The fourth-order valence-corrected chi connectivity index (χ4v) is 1.76. The van der Waals surface area contributed by atoms with E-state index < -0.39 is 0 Å². The van der Waals surface area contributed by atoms with Crippen molar-refractivity contribution in [2.45, 2.75) is 39.4 Å². The normalized spacial score (nSPS) is 12.9. The summed E-state index contributed by atoms with van der Waals surface area (Å²) in [5.74, 6) is 0. The number of pyridine rings is 1. The molecule has 0 aromatic carbocycles. The highest BCUT2D eigenvalue weighted by Gasteiger charge is 2.07. The van der Waals surface area contributed by atoms with Crippen LogP contribution in [0, 0.1) is 0 Å². The van der Waals surface area contributed by atoms with E-state index in [1.54, 1.807) is 0 Å². The average molecular weight is 244 g/mol. The van der Waals surface area contributed by atoms with Gasteiger partial charge >= 0.3 is 0 Å². The Bertz CT molecular complexity index is 476. The minimum absolute atomic E-state index is 0.244. The molecule has 0 spiro atoms. The summed E-state index contributed by atoms with van der Waals surface area (Å²) in [6.07, 6.45) is 5.82. The molecule has 0 saturated carbocycles. The van der Waals surface area contributed by atoms with E-state index in [-0.39, 0.29) is 6.04 Å². The van der Waals surface area contributed by atoms with Crippen molar-refractivity contribution < 1.29 is 0 Å². The first-order chi connectivity index (χ1) is 8.66. The molecule has 1 atom stereocenters. The Morgan fingerprint density at radius 2 is 2.11 bits per heavy atom. The van der Waals surface area contributed by atoms with Crippen LogP contribution in [0.3, 0.4) is 0 Å². The lowest BCUT2D eigenvalue weighted by Crippen LogP contribution is -2.18. The first-order valence-electron chi connectivity index (χ1n) is 6.34. The Balaban J connectivity index is 1.91. The van der Waals surface area contributed by atoms with Crippen molar-refractivity contribution in [3.8, 4) is 0 Å². The molecule has 0 unspecified atom stereocenters. The van der Waals surface area contributed by atoms with Crippen LogP contribution in [0.2, 0.25) is 0 Å². The molecule has 96 valence electrons. The molecule has 18 heavy (non-hydrogen) atoms. The van der Waals surface area contributed by atoms with Crippen molar-refractivity contribution in [2.24, 2.45) is 0 Å². The van der Waals surface area contributed by atoms with Crippen LogP contribution in [0.25, 0.3) is 0 Å². The molecule has 0 saturated heterocycles. The van der Waals surface area contributed by atoms with Crippen LogP contribution in [0.15, 0.2) is 36.8 Å². The first kappa shape index (κ1) is 12.8. The van der Waals surface area contributed by atoms with Gasteiger partial charge < -0.3 is 5.32 Å². The predicted molar refractivity (Wildman–Crippen MR) is 72.1 cm³/mol. The third-order valence-electron chi connectivity index (χ3n) is 2.93. The Kier molecular flexibility index (Phi) is 4.10. The molecule has 0 aliphatic heterocycles. The highest BCUT2D eigenvalue weighted by Crippen LogP contribution is 2.10. The van der Waals surface area contributed by atoms with E-state index in [1.807, 2.05) is 35.3 Å². The van der Waals surface area contributed by atoms with Crippen molar-refractivity contribution in [1.29, 1.82) is 0 Å². The summed E-state index contributed by atoms with van der Waals surface area (Å²) in [6.45, 7) is 7.18. The fraction of sp³-hybridized carbons (Fsp3) is 0.429. The van der Waals surface area contributed by atoms with Gasteiger partial charge in [-0.1, -0.05) is 6.07 Å². The molecule has 2 rings (SSSR count). The number of rotatable bonds is 5. The number of nitrogens with zero attached hydrogens (tertiary/aromatic N) is 3. The highest BCUT2D eigenvalue weighted by atomic mass is 15.3. The fourth-order valence-electron chi connectivity index (χ4n) is 1.76. The lowest BCUT2D eigenvalue weighted by molar-refractivity contribution is 0.529. The monoisotopic (exact) mass is 244 g/mol. The largest absolute Gasteiger partial charge is 0.305 e. The van der Waals surface area contributed by atoms with Gasteiger partial charge in [-0.25, -0.2) is 0 Å². The molecule has 1 N–H and O–H groups in total. The van der Waals surface area contributed by atoms with Crippen LogP contribution in [-0.4, -0.2) is 14.8 Å². The van der Waals surface area contributed by atoms with Gasteiger partial charge in [0, 0.05) is 36.6 Å². The standard InChI is InChI=1S/C14H20N4/c1-11(2)18-10-13(9-17-18)8-16-12(3)14-6-4-5-7-15-14/h4-7,9-12,16H,8H2,1-3H3/t12-/m1/s1. The second-order valence-corrected chi connectivity index (χ2v) is 4.78. The maximum absolute atomic E-state index is 4.34. The van der Waals surface area contributed by atoms with E-state index in [0.29, 0.717) is 6.04 Å². The van der Waals surface area contributed by atoms with Gasteiger partial charge in [0.25, 0.3) is 0 Å². The van der Waals surface area contributed by atoms with Crippen molar-refractivity contribution in [2.75, 3.05) is 0 Å². The topological polar surface area (TPSA) is 42.7 Å². The third kappa shape index (κ3) is 3.17. The molecule has 0 aliphatic rings. The minimum atomic E-state index is 0.244. The maximum atomic E-state index is 4.34. The molecule has 2 heterocycles. The second kappa shape index (κ2) is 5.78. The van der Waals surface area contributed by atoms with Gasteiger partial charge in [-0.05, 0) is 32.9 Å². The molecule has 4 nitrogen and oxygen atoms in total. The van der Waals surface area contributed by atoms with Crippen LogP contribution in [0.4, 0.5) is 0 Å². The van der Waals surface area contributed by atoms with Gasteiger partial charge in [0.1, 0.15) is 0 Å². The number of aromatic nitrogens is 3. The van der Waals surface area contributed by atoms with Crippen LogP contribution in [0.1, 0.15) is 44.1 Å². The lowest BCUT2D eigenvalue weighted by atomic mass is 10.2. The molecule has 2 aromatic rings. The third-order valence-corrected chi connectivity index (χ3v) is 2.93. The van der Waals surface area contributed by atoms with E-state index in [2.05, 4.69) is 42.4 Å². The molecule has 0 amide bonds. The summed E-state index contributed by atoms with van der Waals surface area (Å²) >= 11 is 0. The van der Waals surface area contributed by atoms with E-state index in [0.717, 1.165) is 12.2 Å². The minimum Gasteiger partial charge on any atom is -0.305 e. The van der Waals surface area contributed by atoms with Crippen LogP contribution >= 0.6 is 0 Å².